The van der Waals surface area contributed by atoms with Crippen LogP contribution in [-0.2, 0) is 0 Å². The highest BCUT2D eigenvalue weighted by Crippen LogP contribution is 2.34. The van der Waals surface area contributed by atoms with Crippen LogP contribution in [0.4, 0.5) is 5.69 Å². The molecule has 2 atom stereocenters. The van der Waals surface area contributed by atoms with Gasteiger partial charge >= 0.3 is 0 Å². The zero-order chi connectivity index (χ0) is 11.7. The Kier molecular flexibility index (Phi) is 2.47. The van der Waals surface area contributed by atoms with Crippen molar-refractivity contribution in [3.63, 3.8) is 0 Å². The highest BCUT2D eigenvalue weighted by Gasteiger charge is 2.30. The minimum Gasteiger partial charge on any atom is -0.398 e. The van der Waals surface area contributed by atoms with Gasteiger partial charge in [-0.05, 0) is 17.7 Å². The molecule has 16 heavy (non-hydrogen) atoms. The van der Waals surface area contributed by atoms with Crippen LogP contribution in [0.5, 0.6) is 0 Å². The number of rotatable bonds is 2. The Morgan fingerprint density at radius 2 is 2.19 bits per heavy atom. The lowest BCUT2D eigenvalue weighted by Gasteiger charge is -2.29. The Labute approximate surface area is 93.2 Å². The fraction of sp³-hybridized carbons (Fsp3) is 0.167. The van der Waals surface area contributed by atoms with Crippen molar-refractivity contribution in [2.24, 2.45) is 5.73 Å². The summed E-state index contributed by atoms with van der Waals surface area (Å²) in [6.45, 7) is 0. The van der Waals surface area contributed by atoms with Gasteiger partial charge in [0.1, 0.15) is 0 Å². The molecule has 0 saturated carbocycles. The summed E-state index contributed by atoms with van der Waals surface area (Å²) in [5.74, 6) is 0.0256. The summed E-state index contributed by atoms with van der Waals surface area (Å²) in [6, 6.07) is 7.00. The average Bonchev–Trinajstić information content (AvgIpc) is 2.28. The van der Waals surface area contributed by atoms with Crippen LogP contribution in [-0.4, -0.2) is 12.3 Å². The number of anilines is 1. The maximum Gasteiger partial charge on any atom is 0.152 e. The lowest BCUT2D eigenvalue weighted by Crippen LogP contribution is -2.36. The first kappa shape index (κ1) is 10.4. The van der Waals surface area contributed by atoms with Crippen LogP contribution >= 0.6 is 0 Å². The minimum absolute atomic E-state index is 0.0256. The van der Waals surface area contributed by atoms with Crippen LogP contribution in [0.3, 0.4) is 0 Å². The van der Waals surface area contributed by atoms with Crippen molar-refractivity contribution in [2.75, 3.05) is 5.73 Å². The molecule has 1 aliphatic rings. The molecule has 1 aliphatic carbocycles. The van der Waals surface area contributed by atoms with Gasteiger partial charge in [-0.2, -0.15) is 5.26 Å². The smallest absolute Gasteiger partial charge is 0.152 e. The van der Waals surface area contributed by atoms with E-state index in [0.29, 0.717) is 16.8 Å². The number of nitrogens with two attached hydrogens (primary N) is 2. The maximum atomic E-state index is 10.6. The van der Waals surface area contributed by atoms with Crippen LogP contribution in [0.15, 0.2) is 29.8 Å². The molecule has 0 aromatic heterocycles. The first-order valence-electron chi connectivity index (χ1n) is 4.89. The first-order valence-corrected chi connectivity index (χ1v) is 4.89. The highest BCUT2D eigenvalue weighted by atomic mass is 16.1. The second kappa shape index (κ2) is 3.80. The number of aldehydes is 1. The summed E-state index contributed by atoms with van der Waals surface area (Å²) in [6.07, 6.45) is 2.54. The van der Waals surface area contributed by atoms with Gasteiger partial charge in [0.05, 0.1) is 6.07 Å². The molecule has 0 fully saturated rings. The van der Waals surface area contributed by atoms with E-state index in [1.54, 1.807) is 12.1 Å². The number of nitrogen functional groups attached to an aromatic ring is 1. The van der Waals surface area contributed by atoms with E-state index in [-0.39, 0.29) is 12.0 Å². The molecular formula is C12H11N3O. The van der Waals surface area contributed by atoms with Crippen molar-refractivity contribution >= 4 is 12.0 Å². The Morgan fingerprint density at radius 1 is 1.44 bits per heavy atom. The van der Waals surface area contributed by atoms with Gasteiger partial charge in [-0.15, -0.1) is 0 Å². The second-order valence-electron chi connectivity index (χ2n) is 3.79. The summed E-state index contributed by atoms with van der Waals surface area (Å²) < 4.78 is 0. The molecule has 2 unspecified atom stereocenters. The van der Waals surface area contributed by atoms with E-state index in [0.717, 1.165) is 11.8 Å². The third-order valence-electron chi connectivity index (χ3n) is 2.86. The quantitative estimate of drug-likeness (QED) is 0.565. The van der Waals surface area contributed by atoms with Gasteiger partial charge in [-0.25, -0.2) is 0 Å². The molecule has 0 radical (unpaired) electrons. The number of carbonyl (C=O) groups excluding carboxylic acids is 1. The Balaban J connectivity index is 2.32. The van der Waals surface area contributed by atoms with Crippen LogP contribution in [0.2, 0.25) is 0 Å². The van der Waals surface area contributed by atoms with E-state index < -0.39 is 0 Å². The number of hydrogen-bond donors (Lipinski definition) is 2. The van der Waals surface area contributed by atoms with E-state index in [2.05, 4.69) is 0 Å². The predicted molar refractivity (Wildman–Crippen MR) is 60.7 cm³/mol. The fourth-order valence-corrected chi connectivity index (χ4v) is 1.81. The first-order chi connectivity index (χ1) is 7.67. The molecule has 4 nitrogen and oxygen atoms in total. The van der Waals surface area contributed by atoms with Crippen molar-refractivity contribution in [2.45, 2.75) is 12.0 Å². The van der Waals surface area contributed by atoms with Crippen LogP contribution in [0.25, 0.3) is 0 Å². The molecule has 0 spiro atoms. The molecule has 1 aromatic carbocycles. The molecule has 0 bridgehead atoms. The number of hydrogen-bond acceptors (Lipinski definition) is 4. The Hall–Kier alpha value is -2.12. The van der Waals surface area contributed by atoms with Gasteiger partial charge in [0.2, 0.25) is 0 Å². The molecule has 0 saturated heterocycles. The molecule has 0 heterocycles. The highest BCUT2D eigenvalue weighted by molar-refractivity contribution is 5.83. The summed E-state index contributed by atoms with van der Waals surface area (Å²) in [4.78, 5) is 10.6. The van der Waals surface area contributed by atoms with Gasteiger partial charge in [0, 0.05) is 28.8 Å². The largest absolute Gasteiger partial charge is 0.398 e. The van der Waals surface area contributed by atoms with Crippen molar-refractivity contribution < 1.29 is 4.79 Å². The van der Waals surface area contributed by atoms with Crippen molar-refractivity contribution in [3.05, 3.63) is 41.0 Å². The predicted octanol–water partition coefficient (Wildman–Crippen LogP) is 0.956. The zero-order valence-corrected chi connectivity index (χ0v) is 8.55. The molecule has 0 aliphatic heterocycles. The van der Waals surface area contributed by atoms with Crippen LogP contribution in [0.1, 0.15) is 21.8 Å². The SMILES string of the molecule is N#CC1=CC(c2ccc(C=O)c(N)c2)C1N. The number of nitriles is 1. The maximum absolute atomic E-state index is 10.6. The standard InChI is InChI=1S/C12H11N3O/c13-5-9-3-10(12(9)15)7-1-2-8(6-16)11(14)4-7/h1-4,6,10,12H,14-15H2. The van der Waals surface area contributed by atoms with Gasteiger partial charge in [-0.1, -0.05) is 12.1 Å². The molecule has 2 rings (SSSR count). The normalized spacial score (nSPS) is 22.9. The Bertz CT molecular complexity index is 513. The van der Waals surface area contributed by atoms with Crippen molar-refractivity contribution in [3.8, 4) is 6.07 Å². The van der Waals surface area contributed by atoms with E-state index >= 15 is 0 Å². The molecular weight excluding hydrogens is 202 g/mol. The van der Waals surface area contributed by atoms with Crippen LogP contribution in [0, 0.1) is 11.3 Å². The van der Waals surface area contributed by atoms with E-state index in [4.69, 9.17) is 16.7 Å². The Morgan fingerprint density at radius 3 is 2.69 bits per heavy atom. The minimum atomic E-state index is -0.258. The lowest BCUT2D eigenvalue weighted by atomic mass is 9.77. The summed E-state index contributed by atoms with van der Waals surface area (Å²) in [7, 11) is 0. The lowest BCUT2D eigenvalue weighted by molar-refractivity contribution is 0.112. The monoisotopic (exact) mass is 213 g/mol. The molecule has 0 amide bonds. The second-order valence-corrected chi connectivity index (χ2v) is 3.79. The summed E-state index contributed by atoms with van der Waals surface area (Å²) >= 11 is 0. The summed E-state index contributed by atoms with van der Waals surface area (Å²) in [5, 5.41) is 8.69. The van der Waals surface area contributed by atoms with Gasteiger partial charge in [-0.3, -0.25) is 4.79 Å². The van der Waals surface area contributed by atoms with Crippen LogP contribution < -0.4 is 11.5 Å². The molecule has 4 N–H and O–H groups in total. The number of nitrogens with zero attached hydrogens (tertiary/aromatic N) is 1. The molecule has 4 heteroatoms. The average molecular weight is 213 g/mol. The van der Waals surface area contributed by atoms with E-state index in [1.807, 2.05) is 18.2 Å². The van der Waals surface area contributed by atoms with E-state index in [9.17, 15) is 4.79 Å². The fourth-order valence-electron chi connectivity index (χ4n) is 1.81. The van der Waals surface area contributed by atoms with E-state index in [1.165, 1.54) is 0 Å². The number of benzene rings is 1. The van der Waals surface area contributed by atoms with Crippen molar-refractivity contribution in [1.82, 2.24) is 0 Å². The summed E-state index contributed by atoms with van der Waals surface area (Å²) in [5.41, 5.74) is 14.0. The zero-order valence-electron chi connectivity index (χ0n) is 8.55. The van der Waals surface area contributed by atoms with Gasteiger partial charge in [0.15, 0.2) is 6.29 Å². The van der Waals surface area contributed by atoms with Gasteiger partial charge < -0.3 is 11.5 Å². The third kappa shape index (κ3) is 1.47. The molecule has 1 aromatic rings. The van der Waals surface area contributed by atoms with Crippen molar-refractivity contribution in [1.29, 1.82) is 5.26 Å². The topological polar surface area (TPSA) is 92.9 Å². The third-order valence-corrected chi connectivity index (χ3v) is 2.86. The molecule has 80 valence electrons. The van der Waals surface area contributed by atoms with Gasteiger partial charge in [0.25, 0.3) is 0 Å². The number of carbonyl (C=O) groups is 1.